The number of aliphatic hydroxyl groups excluding tert-OH is 1. The van der Waals surface area contributed by atoms with Gasteiger partial charge in [-0.25, -0.2) is 0 Å². The monoisotopic (exact) mass is 497 g/mol. The smallest absolute Gasteiger partial charge is 0.294 e. The van der Waals surface area contributed by atoms with E-state index >= 15 is 0 Å². The van der Waals surface area contributed by atoms with Crippen molar-refractivity contribution in [3.8, 4) is 5.75 Å². The number of benzene rings is 2. The number of anilines is 1. The number of ketones is 1. The number of methoxy groups -OCH3 is 1. The third-order valence-corrected chi connectivity index (χ3v) is 6.14. The fraction of sp³-hybridized carbons (Fsp3) is 0.120. The Bertz CT molecular complexity index is 1480. The molecule has 2 aromatic carbocycles. The van der Waals surface area contributed by atoms with E-state index in [-0.39, 0.29) is 17.1 Å². The van der Waals surface area contributed by atoms with Gasteiger partial charge in [-0.3, -0.25) is 14.5 Å². The molecule has 0 spiro atoms. The average molecular weight is 498 g/mol. The third-order valence-electron chi connectivity index (χ3n) is 5.69. The van der Waals surface area contributed by atoms with E-state index < -0.39 is 23.5 Å². The summed E-state index contributed by atoms with van der Waals surface area (Å²) in [6.45, 7) is 1.80. The second-order valence-electron chi connectivity index (χ2n) is 7.75. The van der Waals surface area contributed by atoms with E-state index in [0.29, 0.717) is 32.5 Å². The second-order valence-corrected chi connectivity index (χ2v) is 8.63. The molecule has 0 aliphatic carbocycles. The Balaban J connectivity index is 1.67. The molecular weight excluding hydrogens is 481 g/mol. The van der Waals surface area contributed by atoms with Crippen molar-refractivity contribution < 1.29 is 28.3 Å². The summed E-state index contributed by atoms with van der Waals surface area (Å²) in [4.78, 5) is 28.2. The predicted octanol–water partition coefficient (Wildman–Crippen LogP) is 6.43. The molecule has 0 radical (unpaired) electrons. The Morgan fingerprint density at radius 2 is 1.91 bits per heavy atom. The summed E-state index contributed by atoms with van der Waals surface area (Å²) in [7, 11) is 1.46. The van der Waals surface area contributed by atoms with Crippen molar-refractivity contribution in [1.29, 1.82) is 0 Å². The van der Waals surface area contributed by atoms with Crippen molar-refractivity contribution in [2.75, 3.05) is 12.0 Å². The molecule has 1 unspecified atom stereocenters. The van der Waals surface area contributed by atoms with Crippen molar-refractivity contribution in [2.45, 2.75) is 13.0 Å². The standard InChI is InChI=1S/C25H17Cl2NO6/c1-12-5-6-14(26)10-16(12)28-21(17-4-3-7-33-17)20(23(30)25(28)31)22(29)18-9-13-8-15(27)11-19(32-2)24(13)34-18/h3-11,21,30H,1-2H3. The maximum Gasteiger partial charge on any atom is 0.294 e. The number of halogens is 2. The van der Waals surface area contributed by atoms with Crippen LogP contribution in [0.25, 0.3) is 11.0 Å². The quantitative estimate of drug-likeness (QED) is 0.319. The lowest BCUT2D eigenvalue weighted by Gasteiger charge is -2.26. The van der Waals surface area contributed by atoms with Crippen LogP contribution in [0, 0.1) is 6.92 Å². The summed E-state index contributed by atoms with van der Waals surface area (Å²) in [5.41, 5.74) is 1.30. The number of nitrogens with zero attached hydrogens (tertiary/aromatic N) is 1. The molecule has 1 aliphatic heterocycles. The number of aryl methyl sites for hydroxylation is 1. The molecule has 0 bridgehead atoms. The lowest BCUT2D eigenvalue weighted by atomic mass is 9.99. The van der Waals surface area contributed by atoms with Gasteiger partial charge in [0.2, 0.25) is 5.78 Å². The molecule has 0 fully saturated rings. The van der Waals surface area contributed by atoms with E-state index in [0.717, 1.165) is 5.56 Å². The molecular formula is C25H17Cl2NO6. The lowest BCUT2D eigenvalue weighted by molar-refractivity contribution is -0.117. The van der Waals surface area contributed by atoms with Crippen LogP contribution in [0.1, 0.15) is 27.9 Å². The average Bonchev–Trinajstić information content (AvgIpc) is 3.54. The Kier molecular flexibility index (Phi) is 5.38. The number of carbonyl (C=O) groups is 2. The predicted molar refractivity (Wildman–Crippen MR) is 127 cm³/mol. The number of rotatable bonds is 5. The van der Waals surface area contributed by atoms with Gasteiger partial charge in [0, 0.05) is 27.2 Å². The van der Waals surface area contributed by atoms with Crippen molar-refractivity contribution in [1.82, 2.24) is 0 Å². The number of Topliss-reactive ketones (excluding diaryl/α,β-unsaturated/α-hetero) is 1. The fourth-order valence-corrected chi connectivity index (χ4v) is 4.51. The van der Waals surface area contributed by atoms with E-state index in [9.17, 15) is 14.7 Å². The molecule has 4 aromatic rings. The normalized spacial score (nSPS) is 16.1. The number of furan rings is 2. The van der Waals surface area contributed by atoms with Crippen LogP contribution in [0.15, 0.2) is 75.0 Å². The van der Waals surface area contributed by atoms with E-state index in [4.69, 9.17) is 36.8 Å². The maximum atomic E-state index is 13.7. The van der Waals surface area contributed by atoms with Crippen LogP contribution in [-0.4, -0.2) is 23.9 Å². The van der Waals surface area contributed by atoms with Gasteiger partial charge in [0.05, 0.1) is 18.9 Å². The highest BCUT2D eigenvalue weighted by Gasteiger charge is 2.47. The summed E-state index contributed by atoms with van der Waals surface area (Å²) in [6.07, 6.45) is 1.42. The van der Waals surface area contributed by atoms with Crippen LogP contribution in [0.3, 0.4) is 0 Å². The molecule has 7 nitrogen and oxygen atoms in total. The molecule has 3 heterocycles. The SMILES string of the molecule is COc1cc(Cl)cc2cc(C(=O)C3=C(O)C(=O)N(c4cc(Cl)ccc4C)C3c3ccco3)oc12. The summed E-state index contributed by atoms with van der Waals surface area (Å²) >= 11 is 12.3. The van der Waals surface area contributed by atoms with E-state index in [1.807, 2.05) is 0 Å². The molecule has 1 N–H and O–H groups in total. The molecule has 34 heavy (non-hydrogen) atoms. The Hall–Kier alpha value is -3.68. The van der Waals surface area contributed by atoms with Gasteiger partial charge in [-0.05, 0) is 48.9 Å². The minimum atomic E-state index is -1.04. The molecule has 172 valence electrons. The zero-order valence-electron chi connectivity index (χ0n) is 18.0. The van der Waals surface area contributed by atoms with Gasteiger partial charge in [-0.2, -0.15) is 0 Å². The van der Waals surface area contributed by atoms with Crippen LogP contribution >= 0.6 is 23.2 Å². The first-order chi connectivity index (χ1) is 16.3. The molecule has 0 saturated heterocycles. The first-order valence-corrected chi connectivity index (χ1v) is 10.9. The number of carbonyl (C=O) groups excluding carboxylic acids is 2. The van der Waals surface area contributed by atoms with Crippen molar-refractivity contribution in [3.63, 3.8) is 0 Å². The lowest BCUT2D eigenvalue weighted by Crippen LogP contribution is -2.31. The molecule has 5 rings (SSSR count). The topological polar surface area (TPSA) is 93.1 Å². The largest absolute Gasteiger partial charge is 0.503 e. The summed E-state index contributed by atoms with van der Waals surface area (Å²) in [5.74, 6) is -1.59. The minimum Gasteiger partial charge on any atom is -0.503 e. The van der Waals surface area contributed by atoms with Crippen molar-refractivity contribution >= 4 is 51.5 Å². The third kappa shape index (κ3) is 3.45. The second kappa shape index (κ2) is 8.27. The van der Waals surface area contributed by atoms with E-state index in [2.05, 4.69) is 0 Å². The molecule has 1 amide bonds. The summed E-state index contributed by atoms with van der Waals surface area (Å²) in [6, 6.07) is 11.9. The first kappa shape index (κ1) is 22.1. The van der Waals surface area contributed by atoms with E-state index in [1.165, 1.54) is 24.3 Å². The Morgan fingerprint density at radius 3 is 2.62 bits per heavy atom. The summed E-state index contributed by atoms with van der Waals surface area (Å²) in [5, 5.41) is 12.2. The molecule has 1 atom stereocenters. The van der Waals surface area contributed by atoms with Crippen LogP contribution < -0.4 is 9.64 Å². The van der Waals surface area contributed by atoms with Gasteiger partial charge >= 0.3 is 0 Å². The minimum absolute atomic E-state index is 0.0915. The summed E-state index contributed by atoms with van der Waals surface area (Å²) < 4.78 is 16.7. The van der Waals surface area contributed by atoms with Crippen LogP contribution in [0.5, 0.6) is 5.75 Å². The maximum absolute atomic E-state index is 13.7. The molecule has 0 saturated carbocycles. The number of ether oxygens (including phenoxy) is 1. The van der Waals surface area contributed by atoms with Crippen LogP contribution in [0.2, 0.25) is 10.0 Å². The van der Waals surface area contributed by atoms with Crippen molar-refractivity contribution in [3.05, 3.63) is 93.3 Å². The number of hydrogen-bond donors (Lipinski definition) is 1. The zero-order valence-corrected chi connectivity index (χ0v) is 19.5. The van der Waals surface area contributed by atoms with Gasteiger partial charge in [0.1, 0.15) is 11.8 Å². The van der Waals surface area contributed by atoms with Crippen LogP contribution in [-0.2, 0) is 4.79 Å². The molecule has 1 aliphatic rings. The van der Waals surface area contributed by atoms with Gasteiger partial charge in [-0.15, -0.1) is 0 Å². The van der Waals surface area contributed by atoms with Gasteiger partial charge in [0.15, 0.2) is 22.9 Å². The molecule has 9 heteroatoms. The number of fused-ring (bicyclic) bond motifs is 1. The number of aliphatic hydroxyl groups is 1. The van der Waals surface area contributed by atoms with Gasteiger partial charge in [-0.1, -0.05) is 29.3 Å². The number of hydrogen-bond acceptors (Lipinski definition) is 6. The van der Waals surface area contributed by atoms with Crippen molar-refractivity contribution in [2.24, 2.45) is 0 Å². The zero-order chi connectivity index (χ0) is 24.1. The highest BCUT2D eigenvalue weighted by Crippen LogP contribution is 2.44. The highest BCUT2D eigenvalue weighted by molar-refractivity contribution is 6.32. The number of amides is 1. The van der Waals surface area contributed by atoms with Gasteiger partial charge in [0.25, 0.3) is 5.91 Å². The fourth-order valence-electron chi connectivity index (χ4n) is 4.13. The first-order valence-electron chi connectivity index (χ1n) is 10.2. The van der Waals surface area contributed by atoms with Gasteiger partial charge < -0.3 is 18.7 Å². The Morgan fingerprint density at radius 1 is 1.12 bits per heavy atom. The highest BCUT2D eigenvalue weighted by atomic mass is 35.5. The molecule has 2 aromatic heterocycles. The van der Waals surface area contributed by atoms with Crippen LogP contribution in [0.4, 0.5) is 5.69 Å². The van der Waals surface area contributed by atoms with E-state index in [1.54, 1.807) is 49.4 Å². The Labute approximate surface area is 203 Å².